The summed E-state index contributed by atoms with van der Waals surface area (Å²) in [5.41, 5.74) is 1.59. The van der Waals surface area contributed by atoms with E-state index in [4.69, 9.17) is 9.15 Å². The normalized spacial score (nSPS) is 43.4. The summed E-state index contributed by atoms with van der Waals surface area (Å²) >= 11 is 0. The number of hydrogen-bond acceptors (Lipinski definition) is 5. The summed E-state index contributed by atoms with van der Waals surface area (Å²) in [5.74, 6) is -0.0498. The summed E-state index contributed by atoms with van der Waals surface area (Å²) in [6, 6.07) is 0. The SMILES string of the molecule is CC(=O)O[C@@H]1C(=O)C[C@]2(C)C3CCc4cocc4[C@]3(C)CCC2[C@@]1(C)CO. The van der Waals surface area contributed by atoms with E-state index in [0.29, 0.717) is 12.3 Å². The first-order valence-electron chi connectivity index (χ1n) is 10.0. The van der Waals surface area contributed by atoms with Crippen LogP contribution in [0.2, 0.25) is 0 Å². The number of aliphatic hydroxyl groups is 1. The lowest BCUT2D eigenvalue weighted by Crippen LogP contribution is -2.65. The second-order valence-corrected chi connectivity index (χ2v) is 9.71. The Morgan fingerprint density at radius 1 is 1.26 bits per heavy atom. The molecule has 2 unspecified atom stereocenters. The summed E-state index contributed by atoms with van der Waals surface area (Å²) in [7, 11) is 0. The molecule has 0 radical (unpaired) electrons. The van der Waals surface area contributed by atoms with Crippen LogP contribution in [0.4, 0.5) is 0 Å². The van der Waals surface area contributed by atoms with Gasteiger partial charge in [-0.05, 0) is 59.5 Å². The molecule has 4 rings (SSSR count). The highest BCUT2D eigenvalue weighted by molar-refractivity contribution is 5.88. The molecule has 6 atom stereocenters. The molecule has 0 spiro atoms. The third-order valence-electron chi connectivity index (χ3n) is 8.24. The van der Waals surface area contributed by atoms with Gasteiger partial charge in [-0.1, -0.05) is 20.8 Å². The van der Waals surface area contributed by atoms with Crippen molar-refractivity contribution in [1.82, 2.24) is 0 Å². The summed E-state index contributed by atoms with van der Waals surface area (Å²) in [6.45, 7) is 7.64. The van der Waals surface area contributed by atoms with Gasteiger partial charge < -0.3 is 14.3 Å². The zero-order valence-corrected chi connectivity index (χ0v) is 16.7. The maximum Gasteiger partial charge on any atom is 0.303 e. The molecule has 0 amide bonds. The minimum atomic E-state index is -0.851. The van der Waals surface area contributed by atoms with E-state index >= 15 is 0 Å². The standard InChI is InChI=1S/C22H30O5/c1-13(24)27-19-16(25)9-21(3)17-6-5-14-10-26-11-15(14)20(17,2)8-7-18(21)22(19,4)12-23/h10-11,17-19,23H,5-9,12H2,1-4H3/t17?,18?,19-,20+,21-,22-/m1/s1. The van der Waals surface area contributed by atoms with Crippen LogP contribution in [0.1, 0.15) is 64.5 Å². The third kappa shape index (κ3) is 2.40. The van der Waals surface area contributed by atoms with Gasteiger partial charge in [-0.25, -0.2) is 0 Å². The lowest BCUT2D eigenvalue weighted by Gasteiger charge is -2.64. The van der Waals surface area contributed by atoms with Crippen molar-refractivity contribution in [3.8, 4) is 0 Å². The fourth-order valence-corrected chi connectivity index (χ4v) is 7.12. The quantitative estimate of drug-likeness (QED) is 0.803. The first kappa shape index (κ1) is 18.7. The van der Waals surface area contributed by atoms with E-state index < -0.39 is 17.5 Å². The maximum absolute atomic E-state index is 13.1. The van der Waals surface area contributed by atoms with Crippen LogP contribution in [0.25, 0.3) is 0 Å². The highest BCUT2D eigenvalue weighted by atomic mass is 16.5. The van der Waals surface area contributed by atoms with Gasteiger partial charge in [-0.15, -0.1) is 0 Å². The van der Waals surface area contributed by atoms with Gasteiger partial charge in [0.05, 0.1) is 19.1 Å². The van der Waals surface area contributed by atoms with Gasteiger partial charge >= 0.3 is 5.97 Å². The Labute approximate surface area is 160 Å². The predicted octanol–water partition coefficient (Wildman–Crippen LogP) is 3.42. The molecule has 1 N–H and O–H groups in total. The van der Waals surface area contributed by atoms with Crippen LogP contribution in [0.15, 0.2) is 16.9 Å². The molecule has 27 heavy (non-hydrogen) atoms. The number of ether oxygens (including phenoxy) is 1. The largest absolute Gasteiger partial charge is 0.472 e. The number of furan rings is 1. The van der Waals surface area contributed by atoms with Gasteiger partial charge in [0, 0.05) is 18.8 Å². The van der Waals surface area contributed by atoms with Gasteiger partial charge in [0.25, 0.3) is 0 Å². The molecule has 0 bridgehead atoms. The van der Waals surface area contributed by atoms with E-state index in [2.05, 4.69) is 13.8 Å². The maximum atomic E-state index is 13.1. The van der Waals surface area contributed by atoms with Crippen LogP contribution in [0.5, 0.6) is 0 Å². The lowest BCUT2D eigenvalue weighted by molar-refractivity contribution is -0.199. The van der Waals surface area contributed by atoms with Gasteiger partial charge in [0.2, 0.25) is 0 Å². The molecule has 2 saturated carbocycles. The number of aryl methyl sites for hydroxylation is 1. The molecule has 5 nitrogen and oxygen atoms in total. The molecule has 1 aromatic rings. The highest BCUT2D eigenvalue weighted by Crippen LogP contribution is 2.66. The van der Waals surface area contributed by atoms with Crippen molar-refractivity contribution in [3.63, 3.8) is 0 Å². The van der Waals surface area contributed by atoms with Crippen molar-refractivity contribution in [2.75, 3.05) is 6.61 Å². The molecule has 0 aliphatic heterocycles. The van der Waals surface area contributed by atoms with E-state index in [0.717, 1.165) is 25.7 Å². The summed E-state index contributed by atoms with van der Waals surface area (Å²) in [5, 5.41) is 10.3. The summed E-state index contributed by atoms with van der Waals surface area (Å²) < 4.78 is 11.0. The molecular formula is C22H30O5. The Balaban J connectivity index is 1.78. The van der Waals surface area contributed by atoms with Gasteiger partial charge in [-0.2, -0.15) is 0 Å². The number of hydrogen-bond donors (Lipinski definition) is 1. The van der Waals surface area contributed by atoms with Crippen molar-refractivity contribution in [3.05, 3.63) is 23.7 Å². The topological polar surface area (TPSA) is 76.7 Å². The van der Waals surface area contributed by atoms with Crippen molar-refractivity contribution < 1.29 is 23.8 Å². The lowest BCUT2D eigenvalue weighted by atomic mass is 9.40. The molecule has 1 heterocycles. The van der Waals surface area contributed by atoms with Crippen molar-refractivity contribution >= 4 is 11.8 Å². The zero-order valence-electron chi connectivity index (χ0n) is 16.7. The number of esters is 1. The highest BCUT2D eigenvalue weighted by Gasteiger charge is 2.66. The molecule has 2 fully saturated rings. The average molecular weight is 374 g/mol. The number of rotatable bonds is 2. The van der Waals surface area contributed by atoms with Crippen molar-refractivity contribution in [1.29, 1.82) is 0 Å². The van der Waals surface area contributed by atoms with E-state index in [-0.39, 0.29) is 29.1 Å². The molecule has 3 aliphatic rings. The van der Waals surface area contributed by atoms with Gasteiger partial charge in [-0.3, -0.25) is 9.59 Å². The fourth-order valence-electron chi connectivity index (χ4n) is 7.12. The van der Waals surface area contributed by atoms with E-state index in [9.17, 15) is 14.7 Å². The first-order chi connectivity index (χ1) is 12.7. The zero-order chi connectivity index (χ0) is 19.6. The first-order valence-corrected chi connectivity index (χ1v) is 10.0. The number of aliphatic hydroxyl groups excluding tert-OH is 1. The molecule has 0 aromatic carbocycles. The van der Waals surface area contributed by atoms with E-state index in [1.54, 1.807) is 0 Å². The monoisotopic (exact) mass is 374 g/mol. The van der Waals surface area contributed by atoms with Crippen LogP contribution in [0.3, 0.4) is 0 Å². The third-order valence-corrected chi connectivity index (χ3v) is 8.24. The molecule has 148 valence electrons. The molecule has 5 heteroatoms. The molecule has 0 saturated heterocycles. The minimum absolute atomic E-state index is 0.0171. The van der Waals surface area contributed by atoms with Crippen molar-refractivity contribution in [2.24, 2.45) is 22.7 Å². The van der Waals surface area contributed by atoms with Crippen LogP contribution in [-0.2, 0) is 26.2 Å². The predicted molar refractivity (Wildman–Crippen MR) is 99.1 cm³/mol. The van der Waals surface area contributed by atoms with Crippen molar-refractivity contribution in [2.45, 2.75) is 71.3 Å². The number of carbonyl (C=O) groups is 2. The summed E-state index contributed by atoms with van der Waals surface area (Å²) in [6.07, 6.45) is 7.18. The van der Waals surface area contributed by atoms with E-state index in [1.165, 1.54) is 18.1 Å². The van der Waals surface area contributed by atoms with Crippen LogP contribution in [-0.4, -0.2) is 29.6 Å². The second-order valence-electron chi connectivity index (χ2n) is 9.71. The fraction of sp³-hybridized carbons (Fsp3) is 0.727. The molecule has 3 aliphatic carbocycles. The summed E-state index contributed by atoms with van der Waals surface area (Å²) in [4.78, 5) is 24.8. The van der Waals surface area contributed by atoms with Crippen LogP contribution >= 0.6 is 0 Å². The Morgan fingerprint density at radius 2 is 2.00 bits per heavy atom. The number of carbonyl (C=O) groups excluding carboxylic acids is 2. The smallest absolute Gasteiger partial charge is 0.303 e. The second kappa shape index (κ2) is 5.94. The van der Waals surface area contributed by atoms with Crippen LogP contribution in [0, 0.1) is 22.7 Å². The van der Waals surface area contributed by atoms with Gasteiger partial charge in [0.1, 0.15) is 0 Å². The Morgan fingerprint density at radius 3 is 2.67 bits per heavy atom. The van der Waals surface area contributed by atoms with Crippen LogP contribution < -0.4 is 0 Å². The number of Topliss-reactive ketones (excluding diaryl/α,β-unsaturated/α-hetero) is 1. The number of fused-ring (bicyclic) bond motifs is 5. The van der Waals surface area contributed by atoms with Gasteiger partial charge in [0.15, 0.2) is 11.9 Å². The average Bonchev–Trinajstić information content (AvgIpc) is 3.08. The Bertz CT molecular complexity index is 781. The number of ketones is 1. The molecular weight excluding hydrogens is 344 g/mol. The Hall–Kier alpha value is -1.62. The van der Waals surface area contributed by atoms with E-state index in [1.807, 2.05) is 19.5 Å². The Kier molecular flexibility index (Phi) is 4.12. The molecule has 1 aromatic heterocycles. The minimum Gasteiger partial charge on any atom is -0.472 e.